The minimum atomic E-state index is -0.614. The van der Waals surface area contributed by atoms with Crippen molar-refractivity contribution in [3.05, 3.63) is 64.3 Å². The minimum Gasteiger partial charge on any atom is -0.464 e. The third kappa shape index (κ3) is 6.06. The third-order valence-electron chi connectivity index (χ3n) is 8.12. The van der Waals surface area contributed by atoms with E-state index in [1.807, 2.05) is 43.1 Å². The first kappa shape index (κ1) is 27.8. The first-order valence-electron chi connectivity index (χ1n) is 13.7. The number of carbonyl (C=O) groups is 2. The summed E-state index contributed by atoms with van der Waals surface area (Å²) in [6, 6.07) is 11.2. The summed E-state index contributed by atoms with van der Waals surface area (Å²) in [7, 11) is 0. The van der Waals surface area contributed by atoms with E-state index in [4.69, 9.17) is 22.1 Å². The molecule has 0 bridgehead atoms. The van der Waals surface area contributed by atoms with E-state index in [9.17, 15) is 9.59 Å². The molecule has 1 saturated carbocycles. The molecule has 0 radical (unpaired) electrons. The van der Waals surface area contributed by atoms with Gasteiger partial charge in [-0.3, -0.25) is 14.6 Å². The predicted molar refractivity (Wildman–Crippen MR) is 157 cm³/mol. The van der Waals surface area contributed by atoms with Gasteiger partial charge in [-0.05, 0) is 84.4 Å². The summed E-state index contributed by atoms with van der Waals surface area (Å²) < 4.78 is 5.59. The molecule has 2 N–H and O–H groups in total. The maximum absolute atomic E-state index is 13.0. The topological polar surface area (TPSA) is 85.5 Å². The van der Waals surface area contributed by atoms with Gasteiger partial charge in [0, 0.05) is 40.7 Å². The number of amides is 1. The van der Waals surface area contributed by atoms with Gasteiger partial charge < -0.3 is 15.4 Å². The highest BCUT2D eigenvalue weighted by atomic mass is 35.5. The smallest absolute Gasteiger partial charge is 0.323 e. The molecule has 1 unspecified atom stereocenters. The molecule has 5 rings (SSSR count). The number of halogens is 1. The second-order valence-corrected chi connectivity index (χ2v) is 12.8. The number of benzene rings is 1. The van der Waals surface area contributed by atoms with Crippen molar-refractivity contribution in [2.45, 2.75) is 57.9 Å². The number of hydrogen-bond acceptors (Lipinski definition) is 6. The maximum atomic E-state index is 13.0. The molecule has 1 atom stereocenters. The zero-order chi connectivity index (χ0) is 27.7. The molecule has 39 heavy (non-hydrogen) atoms. The van der Waals surface area contributed by atoms with Gasteiger partial charge in [0.15, 0.2) is 0 Å². The van der Waals surface area contributed by atoms with E-state index in [0.29, 0.717) is 23.1 Å². The van der Waals surface area contributed by atoms with Gasteiger partial charge in [0.05, 0.1) is 10.7 Å². The molecule has 6 nitrogen and oxygen atoms in total. The quantitative estimate of drug-likeness (QED) is 0.313. The monoisotopic (exact) mass is 565 g/mol. The molecule has 206 valence electrons. The summed E-state index contributed by atoms with van der Waals surface area (Å²) in [6.07, 6.45) is 5.77. The lowest BCUT2D eigenvalue weighted by Crippen LogP contribution is -2.38. The van der Waals surface area contributed by atoms with Crippen LogP contribution in [0, 0.1) is 11.8 Å². The van der Waals surface area contributed by atoms with Crippen molar-refractivity contribution in [3.8, 4) is 21.6 Å². The summed E-state index contributed by atoms with van der Waals surface area (Å²) in [5, 5.41) is 2.69. The van der Waals surface area contributed by atoms with Crippen LogP contribution in [0.3, 0.4) is 0 Å². The number of piperidine rings is 1. The maximum Gasteiger partial charge on any atom is 0.323 e. The fourth-order valence-corrected chi connectivity index (χ4v) is 6.27. The number of esters is 1. The lowest BCUT2D eigenvalue weighted by atomic mass is 9.98. The summed E-state index contributed by atoms with van der Waals surface area (Å²) >= 11 is 8.32. The number of pyridine rings is 1. The van der Waals surface area contributed by atoms with Crippen LogP contribution in [0.2, 0.25) is 5.02 Å². The van der Waals surface area contributed by atoms with E-state index in [0.717, 1.165) is 66.0 Å². The highest BCUT2D eigenvalue weighted by molar-refractivity contribution is 7.14. The third-order valence-corrected chi connectivity index (χ3v) is 9.40. The van der Waals surface area contributed by atoms with Crippen LogP contribution in [-0.4, -0.2) is 47.5 Å². The molecule has 1 saturated heterocycles. The van der Waals surface area contributed by atoms with Crippen molar-refractivity contribution in [2.24, 2.45) is 17.6 Å². The van der Waals surface area contributed by atoms with Gasteiger partial charge in [-0.2, -0.15) is 0 Å². The highest BCUT2D eigenvalue weighted by Gasteiger charge is 2.47. The summed E-state index contributed by atoms with van der Waals surface area (Å²) in [4.78, 5) is 32.9. The van der Waals surface area contributed by atoms with Crippen LogP contribution >= 0.6 is 22.9 Å². The summed E-state index contributed by atoms with van der Waals surface area (Å²) in [5.41, 5.74) is 10.3. The number of likely N-dealkylation sites (tertiary alicyclic amines) is 1. The van der Waals surface area contributed by atoms with Crippen molar-refractivity contribution < 1.29 is 14.3 Å². The predicted octanol–water partition coefficient (Wildman–Crippen LogP) is 6.56. The average molecular weight is 566 g/mol. The Balaban J connectivity index is 1.29. The molecule has 2 aromatic heterocycles. The van der Waals surface area contributed by atoms with Crippen LogP contribution in [-0.2, 0) is 14.9 Å². The molecule has 0 spiro atoms. The SMILES string of the molecule is CC1CCN(C(=O)c2ccc(-c3cc(-c4ccnc(C5(COC(=O)C(N)C(C)C)CC5)c4)cs3)c(Cl)c2)CC1. The number of nitrogens with two attached hydrogens (primary N) is 1. The lowest BCUT2D eigenvalue weighted by molar-refractivity contribution is -0.147. The molecule has 1 aliphatic carbocycles. The Morgan fingerprint density at radius 2 is 1.90 bits per heavy atom. The second kappa shape index (κ2) is 11.4. The number of ether oxygens (including phenoxy) is 1. The number of nitrogens with zero attached hydrogens (tertiary/aromatic N) is 2. The molecular weight excluding hydrogens is 530 g/mol. The average Bonchev–Trinajstić information content (AvgIpc) is 3.58. The largest absolute Gasteiger partial charge is 0.464 e. The molecule has 1 aliphatic heterocycles. The van der Waals surface area contributed by atoms with Gasteiger partial charge in [0.1, 0.15) is 12.6 Å². The van der Waals surface area contributed by atoms with E-state index >= 15 is 0 Å². The van der Waals surface area contributed by atoms with Crippen LogP contribution in [0.25, 0.3) is 21.6 Å². The first-order valence-corrected chi connectivity index (χ1v) is 15.0. The fraction of sp³-hybridized carbons (Fsp3) is 0.452. The van der Waals surface area contributed by atoms with E-state index in [1.165, 1.54) is 0 Å². The number of thiophene rings is 1. The van der Waals surface area contributed by atoms with Gasteiger partial charge in [0.25, 0.3) is 5.91 Å². The van der Waals surface area contributed by atoms with E-state index in [1.54, 1.807) is 17.4 Å². The van der Waals surface area contributed by atoms with Gasteiger partial charge in [0.2, 0.25) is 0 Å². The first-order chi connectivity index (χ1) is 18.7. The van der Waals surface area contributed by atoms with Crippen molar-refractivity contribution >= 4 is 34.8 Å². The standard InChI is InChI=1S/C31H36ClN3O3S/c1-19(2)28(33)30(37)38-18-31(9-10-31)27-16-21(6-11-34-27)23-15-26(39-17-23)24-5-4-22(14-25(24)32)29(36)35-12-7-20(3)8-13-35/h4-6,11,14-17,19-20,28H,7-10,12-13,18,33H2,1-3H3. The van der Waals surface area contributed by atoms with E-state index in [-0.39, 0.29) is 23.2 Å². The van der Waals surface area contributed by atoms with Gasteiger partial charge in [-0.25, -0.2) is 0 Å². The fourth-order valence-electron chi connectivity index (χ4n) is 4.97. The molecule has 1 aromatic carbocycles. The Morgan fingerprint density at radius 3 is 2.56 bits per heavy atom. The van der Waals surface area contributed by atoms with E-state index in [2.05, 4.69) is 29.4 Å². The normalized spacial score (nSPS) is 17.7. The van der Waals surface area contributed by atoms with Crippen LogP contribution in [0.1, 0.15) is 62.5 Å². The molecular formula is C31H36ClN3O3S. The van der Waals surface area contributed by atoms with Gasteiger partial charge in [-0.1, -0.05) is 38.4 Å². The van der Waals surface area contributed by atoms with E-state index < -0.39 is 6.04 Å². The molecule has 1 amide bonds. The Kier molecular flexibility index (Phi) is 8.13. The lowest BCUT2D eigenvalue weighted by Gasteiger charge is -2.30. The molecule has 2 fully saturated rings. The van der Waals surface area contributed by atoms with Crippen molar-refractivity contribution in [1.82, 2.24) is 9.88 Å². The van der Waals surface area contributed by atoms with Gasteiger partial charge >= 0.3 is 5.97 Å². The van der Waals surface area contributed by atoms with Crippen LogP contribution in [0.4, 0.5) is 0 Å². The number of rotatable bonds is 8. The van der Waals surface area contributed by atoms with Crippen LogP contribution < -0.4 is 5.73 Å². The summed E-state index contributed by atoms with van der Waals surface area (Å²) in [5.74, 6) is 0.401. The highest BCUT2D eigenvalue weighted by Crippen LogP contribution is 2.48. The Bertz CT molecular complexity index is 1360. The number of carbonyl (C=O) groups excluding carboxylic acids is 2. The number of hydrogen-bond donors (Lipinski definition) is 1. The molecule has 8 heteroatoms. The zero-order valence-electron chi connectivity index (χ0n) is 22.8. The van der Waals surface area contributed by atoms with Crippen molar-refractivity contribution in [1.29, 1.82) is 0 Å². The Labute approximate surface area is 239 Å². The van der Waals surface area contributed by atoms with Crippen molar-refractivity contribution in [2.75, 3.05) is 19.7 Å². The zero-order valence-corrected chi connectivity index (χ0v) is 24.4. The minimum absolute atomic E-state index is 0.0330. The van der Waals surface area contributed by atoms with Crippen molar-refractivity contribution in [3.63, 3.8) is 0 Å². The Hall–Kier alpha value is -2.74. The summed E-state index contributed by atoms with van der Waals surface area (Å²) in [6.45, 7) is 7.97. The molecule has 3 aromatic rings. The van der Waals surface area contributed by atoms with Crippen LogP contribution in [0.5, 0.6) is 0 Å². The second-order valence-electron chi connectivity index (χ2n) is 11.5. The Morgan fingerprint density at radius 1 is 1.15 bits per heavy atom. The van der Waals surface area contributed by atoms with Crippen LogP contribution in [0.15, 0.2) is 48.0 Å². The molecule has 2 aliphatic rings. The van der Waals surface area contributed by atoms with Gasteiger partial charge in [-0.15, -0.1) is 11.3 Å². The molecule has 3 heterocycles. The number of aromatic nitrogens is 1.